The monoisotopic (exact) mass is 337 g/mol. The van der Waals surface area contributed by atoms with E-state index in [1.165, 1.54) is 10.4 Å². The molecule has 0 spiro atoms. The second-order valence-corrected chi connectivity index (χ2v) is 8.39. The van der Waals surface area contributed by atoms with Gasteiger partial charge in [-0.15, -0.1) is 11.3 Å². The number of esters is 1. The molecule has 1 aliphatic heterocycles. The number of piperidine rings is 1. The van der Waals surface area contributed by atoms with Crippen LogP contribution in [0.3, 0.4) is 0 Å². The zero-order chi connectivity index (χ0) is 14.8. The lowest BCUT2D eigenvalue weighted by molar-refractivity contribution is -0.149. The molecule has 5 nitrogen and oxygen atoms in total. The summed E-state index contributed by atoms with van der Waals surface area (Å²) in [5, 5.41) is 0. The van der Waals surface area contributed by atoms with Crippen molar-refractivity contribution >= 4 is 38.9 Å². The summed E-state index contributed by atoms with van der Waals surface area (Å²) in [6.45, 7) is 2.65. The average molecular weight is 338 g/mol. The molecule has 1 aliphatic rings. The fraction of sp³-hybridized carbons (Fsp3) is 0.583. The van der Waals surface area contributed by atoms with Crippen LogP contribution < -0.4 is 0 Å². The normalized spacial score (nSPS) is 20.8. The first-order valence-corrected chi connectivity index (χ1v) is 9.00. The number of rotatable bonds is 4. The van der Waals surface area contributed by atoms with Crippen molar-refractivity contribution in [1.29, 1.82) is 0 Å². The van der Waals surface area contributed by atoms with Crippen molar-refractivity contribution in [3.63, 3.8) is 0 Å². The number of hydrogen-bond donors (Lipinski definition) is 0. The summed E-state index contributed by atoms with van der Waals surface area (Å²) in [5.41, 5.74) is 0. The number of nitrogens with zero attached hydrogens (tertiary/aromatic N) is 1. The lowest BCUT2D eigenvalue weighted by Gasteiger charge is -2.30. The van der Waals surface area contributed by atoms with Crippen LogP contribution in [0.2, 0.25) is 4.34 Å². The number of carbonyl (C=O) groups excluding carboxylic acids is 1. The van der Waals surface area contributed by atoms with E-state index in [0.717, 1.165) is 11.3 Å². The molecule has 1 atom stereocenters. The molecule has 0 bridgehead atoms. The molecule has 2 rings (SSSR count). The van der Waals surface area contributed by atoms with Gasteiger partial charge in [0.2, 0.25) is 0 Å². The van der Waals surface area contributed by atoms with Gasteiger partial charge >= 0.3 is 5.97 Å². The summed E-state index contributed by atoms with van der Waals surface area (Å²) in [7, 11) is -3.56. The molecule has 0 radical (unpaired) electrons. The van der Waals surface area contributed by atoms with Gasteiger partial charge in [-0.05, 0) is 31.9 Å². The number of hydrogen-bond acceptors (Lipinski definition) is 5. The third kappa shape index (κ3) is 3.33. The minimum Gasteiger partial charge on any atom is -0.466 e. The van der Waals surface area contributed by atoms with Gasteiger partial charge in [-0.25, -0.2) is 8.42 Å². The standard InChI is InChI=1S/C12H16ClNO4S2/c1-2-18-12(15)9-4-3-7-14(8-9)20(16,17)11-6-5-10(13)19-11/h5-6,9H,2-4,7-8H2,1H3. The Kier molecular flexibility index (Phi) is 5.06. The van der Waals surface area contributed by atoms with Crippen molar-refractivity contribution in [3.8, 4) is 0 Å². The molecule has 1 saturated heterocycles. The van der Waals surface area contributed by atoms with Crippen LogP contribution in [0.5, 0.6) is 0 Å². The minimum absolute atomic E-state index is 0.177. The molecule has 1 fully saturated rings. The highest BCUT2D eigenvalue weighted by Gasteiger charge is 2.34. The molecule has 0 N–H and O–H groups in total. The fourth-order valence-electron chi connectivity index (χ4n) is 2.18. The van der Waals surface area contributed by atoms with Gasteiger partial charge in [-0.1, -0.05) is 11.6 Å². The van der Waals surface area contributed by atoms with Crippen molar-refractivity contribution in [2.75, 3.05) is 19.7 Å². The van der Waals surface area contributed by atoms with Crippen LogP contribution in [-0.4, -0.2) is 38.4 Å². The van der Waals surface area contributed by atoms with Crippen molar-refractivity contribution in [2.24, 2.45) is 5.92 Å². The Morgan fingerprint density at radius 2 is 2.30 bits per heavy atom. The maximum absolute atomic E-state index is 12.5. The van der Waals surface area contributed by atoms with Gasteiger partial charge in [0, 0.05) is 13.1 Å². The summed E-state index contributed by atoms with van der Waals surface area (Å²) >= 11 is 6.82. The molecule has 1 unspecified atom stereocenters. The third-order valence-corrected chi connectivity index (χ3v) is 6.71. The van der Waals surface area contributed by atoms with Gasteiger partial charge in [-0.2, -0.15) is 4.31 Å². The Hall–Kier alpha value is -0.630. The van der Waals surface area contributed by atoms with E-state index < -0.39 is 10.0 Å². The molecule has 112 valence electrons. The second kappa shape index (κ2) is 6.43. The van der Waals surface area contributed by atoms with Gasteiger partial charge in [-0.3, -0.25) is 4.79 Å². The predicted octanol–water partition coefficient (Wildman–Crippen LogP) is 2.37. The van der Waals surface area contributed by atoms with Gasteiger partial charge in [0.15, 0.2) is 0 Å². The van der Waals surface area contributed by atoms with E-state index >= 15 is 0 Å². The van der Waals surface area contributed by atoms with E-state index in [1.807, 2.05) is 0 Å². The summed E-state index contributed by atoms with van der Waals surface area (Å²) in [6, 6.07) is 3.06. The van der Waals surface area contributed by atoms with Crippen molar-refractivity contribution in [2.45, 2.75) is 24.0 Å². The van der Waals surface area contributed by atoms with Crippen molar-refractivity contribution in [1.82, 2.24) is 4.31 Å². The van der Waals surface area contributed by atoms with Crippen molar-refractivity contribution in [3.05, 3.63) is 16.5 Å². The van der Waals surface area contributed by atoms with Crippen LogP contribution in [0.15, 0.2) is 16.3 Å². The van der Waals surface area contributed by atoms with Gasteiger partial charge < -0.3 is 4.74 Å². The summed E-state index contributed by atoms with van der Waals surface area (Å²) in [4.78, 5) is 11.7. The molecule has 0 saturated carbocycles. The third-order valence-electron chi connectivity index (χ3n) is 3.15. The minimum atomic E-state index is -3.56. The number of carbonyl (C=O) groups is 1. The van der Waals surface area contributed by atoms with E-state index in [4.69, 9.17) is 16.3 Å². The summed E-state index contributed by atoms with van der Waals surface area (Å²) in [6.07, 6.45) is 1.32. The van der Waals surface area contributed by atoms with Crippen LogP contribution in [0, 0.1) is 5.92 Å². The fourth-order valence-corrected chi connectivity index (χ4v) is 5.34. The Balaban J connectivity index is 2.14. The Morgan fingerprint density at radius 3 is 2.90 bits per heavy atom. The van der Waals surface area contributed by atoms with E-state index in [9.17, 15) is 13.2 Å². The Bertz CT molecular complexity index is 584. The number of thiophene rings is 1. The lowest BCUT2D eigenvalue weighted by Crippen LogP contribution is -2.42. The molecule has 1 aromatic rings. The van der Waals surface area contributed by atoms with E-state index in [0.29, 0.717) is 30.3 Å². The SMILES string of the molecule is CCOC(=O)C1CCCN(S(=O)(=O)c2ccc(Cl)s2)C1. The zero-order valence-corrected chi connectivity index (χ0v) is 13.4. The number of sulfonamides is 1. The number of ether oxygens (including phenoxy) is 1. The maximum atomic E-state index is 12.5. The first-order valence-electron chi connectivity index (χ1n) is 6.37. The quantitative estimate of drug-likeness (QED) is 0.791. The molecule has 8 heteroatoms. The number of halogens is 1. The smallest absolute Gasteiger partial charge is 0.310 e. The van der Waals surface area contributed by atoms with Crippen LogP contribution >= 0.6 is 22.9 Å². The maximum Gasteiger partial charge on any atom is 0.310 e. The van der Waals surface area contributed by atoms with E-state index in [1.54, 1.807) is 13.0 Å². The highest BCUT2D eigenvalue weighted by molar-refractivity contribution is 7.91. The lowest BCUT2D eigenvalue weighted by atomic mass is 10.0. The Labute approximate surface area is 127 Å². The van der Waals surface area contributed by atoms with Crippen LogP contribution in [0.1, 0.15) is 19.8 Å². The van der Waals surface area contributed by atoms with Gasteiger partial charge in [0.1, 0.15) is 4.21 Å². The first-order chi connectivity index (χ1) is 9.45. The molecular weight excluding hydrogens is 322 g/mol. The zero-order valence-electron chi connectivity index (χ0n) is 11.0. The predicted molar refractivity (Wildman–Crippen MR) is 77.4 cm³/mol. The van der Waals surface area contributed by atoms with E-state index in [2.05, 4.69) is 0 Å². The molecule has 1 aromatic heterocycles. The summed E-state index contributed by atoms with van der Waals surface area (Å²) in [5.74, 6) is -0.703. The average Bonchev–Trinajstić information content (AvgIpc) is 2.86. The molecule has 2 heterocycles. The molecule has 0 amide bonds. The summed E-state index contributed by atoms with van der Waals surface area (Å²) < 4.78 is 31.9. The topological polar surface area (TPSA) is 63.7 Å². The van der Waals surface area contributed by atoms with E-state index in [-0.39, 0.29) is 22.6 Å². The van der Waals surface area contributed by atoms with Gasteiger partial charge in [0.25, 0.3) is 10.0 Å². The first kappa shape index (κ1) is 15.8. The molecule has 0 aliphatic carbocycles. The molecule has 20 heavy (non-hydrogen) atoms. The highest BCUT2D eigenvalue weighted by Crippen LogP contribution is 2.30. The second-order valence-electron chi connectivity index (χ2n) is 4.51. The molecular formula is C12H16ClNO4S2. The largest absolute Gasteiger partial charge is 0.466 e. The van der Waals surface area contributed by atoms with Crippen molar-refractivity contribution < 1.29 is 17.9 Å². The van der Waals surface area contributed by atoms with Crippen LogP contribution in [-0.2, 0) is 19.6 Å². The highest BCUT2D eigenvalue weighted by atomic mass is 35.5. The van der Waals surface area contributed by atoms with Crippen LogP contribution in [0.4, 0.5) is 0 Å². The van der Waals surface area contributed by atoms with Gasteiger partial charge in [0.05, 0.1) is 16.9 Å². The Morgan fingerprint density at radius 1 is 1.55 bits per heavy atom. The molecule has 0 aromatic carbocycles. The van der Waals surface area contributed by atoms with Crippen LogP contribution in [0.25, 0.3) is 0 Å².